The molecule has 7 nitrogen and oxygen atoms in total. The normalized spacial score (nSPS) is 11.2. The van der Waals surface area contributed by atoms with Crippen LogP contribution in [0.25, 0.3) is 0 Å². The van der Waals surface area contributed by atoms with E-state index in [-0.39, 0.29) is 0 Å². The molecule has 0 amide bonds. The molecule has 2 rings (SSSR count). The quantitative estimate of drug-likeness (QED) is 0.493. The van der Waals surface area contributed by atoms with E-state index in [0.717, 1.165) is 42.7 Å². The highest BCUT2D eigenvalue weighted by Crippen LogP contribution is 2.34. The molecular formula is C20H30N4O3. The molecule has 27 heavy (non-hydrogen) atoms. The lowest BCUT2D eigenvalue weighted by Crippen LogP contribution is -2.39. The molecule has 0 bridgehead atoms. The van der Waals surface area contributed by atoms with Gasteiger partial charge in [0.25, 0.3) is 0 Å². The lowest BCUT2D eigenvalue weighted by molar-refractivity contribution is 0.369. The maximum atomic E-state index is 5.50. The van der Waals surface area contributed by atoms with Crippen molar-refractivity contribution in [2.75, 3.05) is 41.0 Å². The smallest absolute Gasteiger partial charge is 0.191 e. The van der Waals surface area contributed by atoms with Crippen molar-refractivity contribution >= 4 is 5.96 Å². The fraction of sp³-hybridized carbons (Fsp3) is 0.450. The van der Waals surface area contributed by atoms with E-state index in [1.54, 1.807) is 21.3 Å². The summed E-state index contributed by atoms with van der Waals surface area (Å²) in [5.74, 6) is 2.99. The Labute approximate surface area is 161 Å². The third kappa shape index (κ3) is 6.13. The second kappa shape index (κ2) is 11.0. The van der Waals surface area contributed by atoms with Crippen molar-refractivity contribution in [2.45, 2.75) is 19.9 Å². The highest BCUT2D eigenvalue weighted by Gasteiger charge is 2.13. The maximum Gasteiger partial charge on any atom is 0.191 e. The molecule has 2 aromatic rings. The Bertz CT molecular complexity index is 689. The van der Waals surface area contributed by atoms with Gasteiger partial charge in [0.05, 0.1) is 21.3 Å². The molecule has 2 N–H and O–H groups in total. The molecule has 0 saturated heterocycles. The molecule has 0 saturated carbocycles. The van der Waals surface area contributed by atoms with Crippen LogP contribution in [-0.2, 0) is 13.0 Å². The Kier molecular flexibility index (Phi) is 8.35. The molecule has 0 radical (unpaired) electrons. The van der Waals surface area contributed by atoms with Crippen molar-refractivity contribution in [2.24, 2.45) is 4.99 Å². The van der Waals surface area contributed by atoms with Crippen LogP contribution in [0.1, 0.15) is 12.5 Å². The fourth-order valence-electron chi connectivity index (χ4n) is 2.77. The molecule has 0 spiro atoms. The first-order valence-corrected chi connectivity index (χ1v) is 9.13. The molecule has 1 aromatic heterocycles. The molecule has 1 heterocycles. The Hall–Kier alpha value is -2.83. The minimum atomic E-state index is 0.609. The van der Waals surface area contributed by atoms with Crippen molar-refractivity contribution in [1.82, 2.24) is 15.2 Å². The third-order valence-corrected chi connectivity index (χ3v) is 4.12. The van der Waals surface area contributed by atoms with Crippen LogP contribution in [0.5, 0.6) is 17.2 Å². The van der Waals surface area contributed by atoms with Crippen LogP contribution in [0.3, 0.4) is 0 Å². The van der Waals surface area contributed by atoms with Crippen molar-refractivity contribution in [1.29, 1.82) is 0 Å². The number of benzene rings is 1. The van der Waals surface area contributed by atoms with E-state index < -0.39 is 0 Å². The van der Waals surface area contributed by atoms with Crippen LogP contribution < -0.4 is 24.8 Å². The highest BCUT2D eigenvalue weighted by molar-refractivity contribution is 5.79. The lowest BCUT2D eigenvalue weighted by atomic mass is 10.1. The summed E-state index contributed by atoms with van der Waals surface area (Å²) in [5.41, 5.74) is 0.979. The first-order valence-electron chi connectivity index (χ1n) is 9.13. The first kappa shape index (κ1) is 20.5. The SMILES string of the molecule is CCNC(=NCCc1c(OC)cc(OC)cc1OC)NCCn1cccc1. The molecule has 7 heteroatoms. The van der Waals surface area contributed by atoms with Gasteiger partial charge in [0.1, 0.15) is 17.2 Å². The van der Waals surface area contributed by atoms with Gasteiger partial charge >= 0.3 is 0 Å². The number of hydrogen-bond acceptors (Lipinski definition) is 4. The van der Waals surface area contributed by atoms with E-state index in [4.69, 9.17) is 14.2 Å². The van der Waals surface area contributed by atoms with Crippen molar-refractivity contribution < 1.29 is 14.2 Å². The molecule has 0 aliphatic rings. The van der Waals surface area contributed by atoms with Gasteiger partial charge in [-0.25, -0.2) is 0 Å². The summed E-state index contributed by atoms with van der Waals surface area (Å²) in [5, 5.41) is 6.63. The summed E-state index contributed by atoms with van der Waals surface area (Å²) in [7, 11) is 4.92. The number of aromatic nitrogens is 1. The van der Waals surface area contributed by atoms with E-state index in [1.807, 2.05) is 36.7 Å². The molecular weight excluding hydrogens is 344 g/mol. The average molecular weight is 374 g/mol. The number of methoxy groups -OCH3 is 3. The topological polar surface area (TPSA) is 69.0 Å². The van der Waals surface area contributed by atoms with Gasteiger partial charge in [0.2, 0.25) is 0 Å². The van der Waals surface area contributed by atoms with E-state index in [0.29, 0.717) is 18.7 Å². The Morgan fingerprint density at radius 1 is 1.00 bits per heavy atom. The van der Waals surface area contributed by atoms with Gasteiger partial charge in [0, 0.05) is 56.3 Å². The second-order valence-corrected chi connectivity index (χ2v) is 5.87. The van der Waals surface area contributed by atoms with Gasteiger partial charge in [0.15, 0.2) is 5.96 Å². The van der Waals surface area contributed by atoms with Crippen molar-refractivity contribution in [3.8, 4) is 17.2 Å². The minimum absolute atomic E-state index is 0.609. The monoisotopic (exact) mass is 374 g/mol. The second-order valence-electron chi connectivity index (χ2n) is 5.87. The van der Waals surface area contributed by atoms with Gasteiger partial charge in [-0.3, -0.25) is 4.99 Å². The minimum Gasteiger partial charge on any atom is -0.496 e. The van der Waals surface area contributed by atoms with Crippen molar-refractivity contribution in [3.05, 3.63) is 42.2 Å². The largest absolute Gasteiger partial charge is 0.496 e. The summed E-state index contributed by atoms with van der Waals surface area (Å²) in [4.78, 5) is 4.66. The lowest BCUT2D eigenvalue weighted by Gasteiger charge is -2.15. The zero-order chi connectivity index (χ0) is 19.5. The number of nitrogens with zero attached hydrogens (tertiary/aromatic N) is 2. The molecule has 0 fully saturated rings. The van der Waals surface area contributed by atoms with Crippen LogP contribution in [0.4, 0.5) is 0 Å². The highest BCUT2D eigenvalue weighted by atomic mass is 16.5. The number of ether oxygens (including phenoxy) is 3. The summed E-state index contributed by atoms with van der Waals surface area (Å²) in [6.07, 6.45) is 4.80. The molecule has 0 unspecified atom stereocenters. The standard InChI is InChI=1S/C20H30N4O3/c1-5-21-20(23-10-13-24-11-6-7-12-24)22-9-8-17-18(26-3)14-16(25-2)15-19(17)27-4/h6-7,11-12,14-15H,5,8-10,13H2,1-4H3,(H2,21,22,23). The summed E-state index contributed by atoms with van der Waals surface area (Å²) in [6.45, 7) is 5.16. The van der Waals surface area contributed by atoms with Crippen LogP contribution in [0, 0.1) is 0 Å². The zero-order valence-electron chi connectivity index (χ0n) is 16.6. The summed E-state index contributed by atoms with van der Waals surface area (Å²) < 4.78 is 18.4. The Balaban J connectivity index is 1.99. The van der Waals surface area contributed by atoms with Crippen LogP contribution in [0.15, 0.2) is 41.7 Å². The van der Waals surface area contributed by atoms with E-state index in [9.17, 15) is 0 Å². The van der Waals surface area contributed by atoms with Gasteiger partial charge in [-0.1, -0.05) is 0 Å². The first-order chi connectivity index (χ1) is 13.2. The van der Waals surface area contributed by atoms with Gasteiger partial charge < -0.3 is 29.4 Å². The molecule has 0 aliphatic carbocycles. The Morgan fingerprint density at radius 2 is 1.67 bits per heavy atom. The van der Waals surface area contributed by atoms with E-state index in [2.05, 4.69) is 27.1 Å². The summed E-state index contributed by atoms with van der Waals surface area (Å²) >= 11 is 0. The molecule has 1 aromatic carbocycles. The zero-order valence-corrected chi connectivity index (χ0v) is 16.6. The predicted octanol–water partition coefficient (Wildman–Crippen LogP) is 2.31. The number of rotatable bonds is 10. The molecule has 0 aliphatic heterocycles. The van der Waals surface area contributed by atoms with Crippen LogP contribution in [0.2, 0.25) is 0 Å². The third-order valence-electron chi connectivity index (χ3n) is 4.12. The number of aliphatic imine (C=N–C) groups is 1. The van der Waals surface area contributed by atoms with Crippen molar-refractivity contribution in [3.63, 3.8) is 0 Å². The summed E-state index contributed by atoms with van der Waals surface area (Å²) in [6, 6.07) is 7.77. The van der Waals surface area contributed by atoms with E-state index >= 15 is 0 Å². The molecule has 0 atom stereocenters. The average Bonchev–Trinajstić information content (AvgIpc) is 3.21. The Morgan fingerprint density at radius 3 is 2.22 bits per heavy atom. The van der Waals surface area contributed by atoms with Crippen LogP contribution >= 0.6 is 0 Å². The number of guanidine groups is 1. The van der Waals surface area contributed by atoms with Crippen LogP contribution in [-0.4, -0.2) is 51.5 Å². The maximum absolute atomic E-state index is 5.50. The van der Waals surface area contributed by atoms with Gasteiger partial charge in [-0.15, -0.1) is 0 Å². The number of hydrogen-bond donors (Lipinski definition) is 2. The van der Waals surface area contributed by atoms with E-state index in [1.165, 1.54) is 0 Å². The predicted molar refractivity (Wildman–Crippen MR) is 108 cm³/mol. The number of nitrogens with one attached hydrogen (secondary N) is 2. The molecule has 148 valence electrons. The fourth-order valence-corrected chi connectivity index (χ4v) is 2.77. The van der Waals surface area contributed by atoms with Gasteiger partial charge in [-0.05, 0) is 25.5 Å². The van der Waals surface area contributed by atoms with Gasteiger partial charge in [-0.2, -0.15) is 0 Å².